The van der Waals surface area contributed by atoms with E-state index in [-0.39, 0.29) is 23.5 Å². The number of halogens is 4. The minimum Gasteiger partial charge on any atom is -0.302 e. The number of rotatable bonds is 7. The zero-order chi connectivity index (χ0) is 24.1. The van der Waals surface area contributed by atoms with Crippen molar-refractivity contribution in [3.8, 4) is 10.6 Å². The Morgan fingerprint density at radius 3 is 2.43 bits per heavy atom. The van der Waals surface area contributed by atoms with Crippen LogP contribution in [0.1, 0.15) is 41.1 Å². The number of hydrogen-bond acceptors (Lipinski definition) is 5. The highest BCUT2D eigenvalue weighted by Crippen LogP contribution is 2.59. The van der Waals surface area contributed by atoms with Crippen LogP contribution in [-0.4, -0.2) is 39.1 Å². The molecule has 1 aliphatic heterocycles. The number of aryl methyl sites for hydroxylation is 3. The van der Waals surface area contributed by atoms with Crippen molar-refractivity contribution in [1.29, 1.82) is 0 Å². The summed E-state index contributed by atoms with van der Waals surface area (Å²) in [7, 11) is 0. The molecule has 0 bridgehead atoms. The van der Waals surface area contributed by atoms with Crippen LogP contribution in [-0.2, 0) is 18.1 Å². The van der Waals surface area contributed by atoms with E-state index in [4.69, 9.17) is 0 Å². The molecule has 188 valence electrons. The number of alkyl halides is 3. The first-order valence-corrected chi connectivity index (χ1v) is 12.4. The summed E-state index contributed by atoms with van der Waals surface area (Å²) in [6.45, 7) is 7.30. The van der Waals surface area contributed by atoms with E-state index in [1.54, 1.807) is 28.0 Å². The first kappa shape index (κ1) is 25.9. The van der Waals surface area contributed by atoms with Crippen LogP contribution in [0.5, 0.6) is 0 Å². The third kappa shape index (κ3) is 5.17. The molecule has 0 unspecified atom stereocenters. The molecule has 2 aliphatic rings. The lowest BCUT2D eigenvalue weighted by Crippen LogP contribution is -2.28. The highest BCUT2D eigenvalue weighted by atomic mass is 35.5. The van der Waals surface area contributed by atoms with Crippen molar-refractivity contribution >= 4 is 23.7 Å². The zero-order valence-electron chi connectivity index (χ0n) is 19.6. The fourth-order valence-electron chi connectivity index (χ4n) is 5.31. The lowest BCUT2D eigenvalue weighted by Gasteiger charge is -2.21. The Balaban J connectivity index is 0.00000289. The van der Waals surface area contributed by atoms with Gasteiger partial charge in [-0.1, -0.05) is 12.1 Å². The largest absolute Gasteiger partial charge is 0.416 e. The van der Waals surface area contributed by atoms with Crippen LogP contribution in [0.15, 0.2) is 41.3 Å². The van der Waals surface area contributed by atoms with Crippen molar-refractivity contribution in [2.24, 2.45) is 5.92 Å². The average Bonchev–Trinajstić information content (AvgIpc) is 3.18. The van der Waals surface area contributed by atoms with Crippen LogP contribution < -0.4 is 5.69 Å². The zero-order valence-corrected chi connectivity index (χ0v) is 21.3. The normalized spacial score (nSPS) is 21.6. The Bertz CT molecular complexity index is 1260. The first-order chi connectivity index (χ1) is 16.2. The maximum Gasteiger partial charge on any atom is 0.416 e. The standard InChI is InChI=1S/C25H27F3N4OS.ClH/c1-16-22(34-17(2)29-16)21-9-12-32(23(33)30-21)11-4-3-10-31-14-20-13-24(20,15-31)18-5-7-19(8-6-18)25(26,27)28;/h5-9,12,20H,3-4,10-11,13-15H2,1-2H3;1H/t20-,24+;/m0./s1. The number of thiazole rings is 1. The lowest BCUT2D eigenvalue weighted by molar-refractivity contribution is -0.137. The molecule has 1 aromatic carbocycles. The van der Waals surface area contributed by atoms with Gasteiger partial charge in [-0.2, -0.15) is 18.2 Å². The van der Waals surface area contributed by atoms with Crippen LogP contribution in [0.25, 0.3) is 10.6 Å². The number of likely N-dealkylation sites (tertiary alicyclic amines) is 1. The quantitative estimate of drug-likeness (QED) is 0.384. The summed E-state index contributed by atoms with van der Waals surface area (Å²) >= 11 is 1.54. The summed E-state index contributed by atoms with van der Waals surface area (Å²) in [5.41, 5.74) is 1.78. The highest BCUT2D eigenvalue weighted by Gasteiger charge is 2.60. The molecule has 0 N–H and O–H groups in total. The summed E-state index contributed by atoms with van der Waals surface area (Å²) in [6, 6.07) is 7.60. The van der Waals surface area contributed by atoms with Gasteiger partial charge in [0, 0.05) is 31.2 Å². The second kappa shape index (κ2) is 9.67. The van der Waals surface area contributed by atoms with Gasteiger partial charge in [-0.05, 0) is 69.3 Å². The summed E-state index contributed by atoms with van der Waals surface area (Å²) in [4.78, 5) is 24.5. The molecule has 2 aromatic heterocycles. The van der Waals surface area contributed by atoms with E-state index in [0.717, 1.165) is 60.0 Å². The Morgan fingerprint density at radius 1 is 1.09 bits per heavy atom. The van der Waals surface area contributed by atoms with E-state index in [1.807, 2.05) is 26.1 Å². The molecular formula is C25H28ClF3N4OS. The molecule has 5 rings (SSSR count). The molecule has 3 heterocycles. The van der Waals surface area contributed by atoms with Gasteiger partial charge in [0.1, 0.15) is 0 Å². The molecule has 0 amide bonds. The number of hydrogen-bond donors (Lipinski definition) is 0. The van der Waals surface area contributed by atoms with Gasteiger partial charge in [0.2, 0.25) is 0 Å². The van der Waals surface area contributed by atoms with E-state index in [2.05, 4.69) is 14.9 Å². The molecule has 10 heteroatoms. The molecule has 1 saturated carbocycles. The van der Waals surface area contributed by atoms with Crippen LogP contribution in [0.2, 0.25) is 0 Å². The number of nitrogens with zero attached hydrogens (tertiary/aromatic N) is 4. The number of benzene rings is 1. The fourth-order valence-corrected chi connectivity index (χ4v) is 6.20. The first-order valence-electron chi connectivity index (χ1n) is 11.6. The van der Waals surface area contributed by atoms with Crippen molar-refractivity contribution in [2.75, 3.05) is 19.6 Å². The van der Waals surface area contributed by atoms with Crippen molar-refractivity contribution < 1.29 is 13.2 Å². The summed E-state index contributed by atoms with van der Waals surface area (Å²) < 4.78 is 40.2. The number of piperidine rings is 1. The third-order valence-corrected chi connectivity index (χ3v) is 8.23. The predicted molar refractivity (Wildman–Crippen MR) is 133 cm³/mol. The van der Waals surface area contributed by atoms with Gasteiger partial charge in [0.05, 0.1) is 26.8 Å². The summed E-state index contributed by atoms with van der Waals surface area (Å²) in [6.07, 6.45) is 0.397. The monoisotopic (exact) mass is 524 g/mol. The van der Waals surface area contributed by atoms with Gasteiger partial charge in [0.25, 0.3) is 0 Å². The van der Waals surface area contributed by atoms with Gasteiger partial charge in [0.15, 0.2) is 0 Å². The maximum absolute atomic E-state index is 12.9. The van der Waals surface area contributed by atoms with Gasteiger partial charge in [-0.3, -0.25) is 4.57 Å². The fraction of sp³-hybridized carbons (Fsp3) is 0.480. The van der Waals surface area contributed by atoms with E-state index in [1.165, 1.54) is 12.1 Å². The highest BCUT2D eigenvalue weighted by molar-refractivity contribution is 7.15. The van der Waals surface area contributed by atoms with Gasteiger partial charge in [-0.25, -0.2) is 9.78 Å². The number of aromatic nitrogens is 3. The predicted octanol–water partition coefficient (Wildman–Crippen LogP) is 5.48. The Kier molecular flexibility index (Phi) is 7.14. The Hall–Kier alpha value is -2.23. The third-order valence-electron chi connectivity index (χ3n) is 7.14. The lowest BCUT2D eigenvalue weighted by atomic mass is 9.94. The smallest absolute Gasteiger partial charge is 0.302 e. The van der Waals surface area contributed by atoms with E-state index in [9.17, 15) is 18.0 Å². The molecule has 1 saturated heterocycles. The number of unbranched alkanes of at least 4 members (excludes halogenated alkanes) is 1. The van der Waals surface area contributed by atoms with Crippen molar-refractivity contribution in [3.63, 3.8) is 0 Å². The van der Waals surface area contributed by atoms with E-state index < -0.39 is 11.7 Å². The molecule has 1 aliphatic carbocycles. The van der Waals surface area contributed by atoms with E-state index in [0.29, 0.717) is 18.2 Å². The maximum atomic E-state index is 12.9. The van der Waals surface area contributed by atoms with Gasteiger partial charge < -0.3 is 4.90 Å². The van der Waals surface area contributed by atoms with Gasteiger partial charge >= 0.3 is 11.9 Å². The molecule has 0 radical (unpaired) electrons. The minimum atomic E-state index is -4.29. The topological polar surface area (TPSA) is 51.0 Å². The van der Waals surface area contributed by atoms with Crippen LogP contribution in [0, 0.1) is 19.8 Å². The van der Waals surface area contributed by atoms with Gasteiger partial charge in [-0.15, -0.1) is 23.7 Å². The summed E-state index contributed by atoms with van der Waals surface area (Å²) in [5.74, 6) is 0.530. The van der Waals surface area contributed by atoms with Crippen molar-refractivity contribution in [1.82, 2.24) is 19.4 Å². The van der Waals surface area contributed by atoms with Crippen molar-refractivity contribution in [2.45, 2.75) is 51.2 Å². The second-order valence-corrected chi connectivity index (χ2v) is 10.7. The summed E-state index contributed by atoms with van der Waals surface area (Å²) in [5, 5.41) is 0.957. The molecule has 2 atom stereocenters. The Labute approximate surface area is 212 Å². The average molecular weight is 525 g/mol. The SMILES string of the molecule is Cc1nc(C)c(-c2ccn(CCCCN3C[C@@H]4C[C@]4(c4ccc(C(F)(F)F)cc4)C3)c(=O)n2)s1.Cl. The molecule has 3 aromatic rings. The van der Waals surface area contributed by atoms with E-state index >= 15 is 0 Å². The van der Waals surface area contributed by atoms with Crippen molar-refractivity contribution in [3.05, 3.63) is 68.8 Å². The second-order valence-electron chi connectivity index (χ2n) is 9.51. The van der Waals surface area contributed by atoms with Crippen LogP contribution in [0.3, 0.4) is 0 Å². The molecule has 5 nitrogen and oxygen atoms in total. The molecule has 35 heavy (non-hydrogen) atoms. The molecule has 2 fully saturated rings. The number of fused-ring (bicyclic) bond motifs is 1. The molecular weight excluding hydrogens is 497 g/mol. The Morgan fingerprint density at radius 2 is 1.80 bits per heavy atom. The molecule has 0 spiro atoms. The minimum absolute atomic E-state index is 0. The van der Waals surface area contributed by atoms with Crippen LogP contribution >= 0.6 is 23.7 Å². The van der Waals surface area contributed by atoms with Crippen LogP contribution in [0.4, 0.5) is 13.2 Å².